The van der Waals surface area contributed by atoms with Crippen molar-refractivity contribution in [3.05, 3.63) is 35.4 Å². The highest BCUT2D eigenvalue weighted by Gasteiger charge is 2.32. The zero-order chi connectivity index (χ0) is 13.0. The maximum Gasteiger partial charge on any atom is 0.305 e. The van der Waals surface area contributed by atoms with Gasteiger partial charge in [0.1, 0.15) is 0 Å². The molecule has 1 unspecified atom stereocenters. The lowest BCUT2D eigenvalue weighted by Gasteiger charge is -2.36. The monoisotopic (exact) mass is 246 g/mol. The van der Waals surface area contributed by atoms with E-state index in [4.69, 9.17) is 4.74 Å². The third kappa shape index (κ3) is 2.74. The van der Waals surface area contributed by atoms with Crippen molar-refractivity contribution < 1.29 is 9.53 Å². The number of benzene rings is 1. The van der Waals surface area contributed by atoms with Crippen LogP contribution in [-0.2, 0) is 21.4 Å². The summed E-state index contributed by atoms with van der Waals surface area (Å²) in [6.45, 7) is 4.62. The van der Waals surface area contributed by atoms with Crippen LogP contribution in [0.4, 0.5) is 0 Å². The molecule has 0 heterocycles. The van der Waals surface area contributed by atoms with E-state index in [0.717, 1.165) is 6.42 Å². The predicted octanol–water partition coefficient (Wildman–Crippen LogP) is 3.62. The summed E-state index contributed by atoms with van der Waals surface area (Å²) in [4.78, 5) is 11.5. The second kappa shape index (κ2) is 5.55. The molecule has 0 N–H and O–H groups in total. The van der Waals surface area contributed by atoms with Gasteiger partial charge in [-0.05, 0) is 49.1 Å². The van der Waals surface area contributed by atoms with Gasteiger partial charge in [-0.3, -0.25) is 4.79 Å². The summed E-state index contributed by atoms with van der Waals surface area (Å²) in [7, 11) is 0. The molecule has 1 aromatic carbocycles. The summed E-state index contributed by atoms with van der Waals surface area (Å²) in [6.07, 6.45) is 4.98. The minimum absolute atomic E-state index is 0.0678. The molecule has 18 heavy (non-hydrogen) atoms. The summed E-state index contributed by atoms with van der Waals surface area (Å²) in [6, 6.07) is 8.65. The summed E-state index contributed by atoms with van der Waals surface area (Å²) < 4.78 is 5.03. The lowest BCUT2D eigenvalue weighted by Crippen LogP contribution is -2.28. The van der Waals surface area contributed by atoms with Crippen LogP contribution in [0.2, 0.25) is 0 Å². The number of carbonyl (C=O) groups is 1. The summed E-state index contributed by atoms with van der Waals surface area (Å²) in [5.41, 5.74) is 3.03. The number of rotatable bonds is 4. The molecule has 2 rings (SSSR count). The Morgan fingerprint density at radius 1 is 1.39 bits per heavy atom. The highest BCUT2D eigenvalue weighted by atomic mass is 16.5. The first-order chi connectivity index (χ1) is 8.65. The molecule has 0 fully saturated rings. The van der Waals surface area contributed by atoms with Crippen molar-refractivity contribution in [1.29, 1.82) is 0 Å². The number of ether oxygens (including phenoxy) is 1. The van der Waals surface area contributed by atoms with E-state index in [1.807, 2.05) is 6.92 Å². The second-order valence-electron chi connectivity index (χ2n) is 5.38. The Hall–Kier alpha value is -1.31. The van der Waals surface area contributed by atoms with Gasteiger partial charge >= 0.3 is 5.97 Å². The first kappa shape index (κ1) is 13.1. The molecular weight excluding hydrogens is 224 g/mol. The van der Waals surface area contributed by atoms with Gasteiger partial charge < -0.3 is 4.74 Å². The van der Waals surface area contributed by atoms with Crippen LogP contribution >= 0.6 is 0 Å². The molecule has 1 atom stereocenters. The maximum absolute atomic E-state index is 11.5. The van der Waals surface area contributed by atoms with Crippen LogP contribution in [0, 0.1) is 0 Å². The van der Waals surface area contributed by atoms with Gasteiger partial charge in [-0.1, -0.05) is 31.2 Å². The van der Waals surface area contributed by atoms with E-state index in [0.29, 0.717) is 13.0 Å². The Labute approximate surface area is 109 Å². The van der Waals surface area contributed by atoms with Gasteiger partial charge in [-0.25, -0.2) is 0 Å². The van der Waals surface area contributed by atoms with Gasteiger partial charge in [0.25, 0.3) is 0 Å². The van der Waals surface area contributed by atoms with Crippen molar-refractivity contribution in [2.45, 2.75) is 51.4 Å². The molecule has 0 amide bonds. The average molecular weight is 246 g/mol. The molecule has 0 radical (unpaired) electrons. The van der Waals surface area contributed by atoms with Crippen molar-refractivity contribution >= 4 is 5.97 Å². The quantitative estimate of drug-likeness (QED) is 0.758. The summed E-state index contributed by atoms with van der Waals surface area (Å²) in [5, 5.41) is 0. The zero-order valence-corrected chi connectivity index (χ0v) is 11.4. The van der Waals surface area contributed by atoms with Gasteiger partial charge in [0.2, 0.25) is 0 Å². The maximum atomic E-state index is 11.5. The molecule has 0 aliphatic heterocycles. The Morgan fingerprint density at radius 2 is 2.17 bits per heavy atom. The summed E-state index contributed by atoms with van der Waals surface area (Å²) >= 11 is 0. The van der Waals surface area contributed by atoms with Crippen LogP contribution in [-0.4, -0.2) is 12.6 Å². The fraction of sp³-hybridized carbons (Fsp3) is 0.562. The number of carbonyl (C=O) groups excluding carboxylic acids is 1. The highest BCUT2D eigenvalue weighted by Crippen LogP contribution is 2.40. The van der Waals surface area contributed by atoms with Crippen molar-refractivity contribution in [3.8, 4) is 0 Å². The fourth-order valence-corrected chi connectivity index (χ4v) is 3.00. The number of hydrogen-bond acceptors (Lipinski definition) is 2. The van der Waals surface area contributed by atoms with Crippen LogP contribution in [0.1, 0.15) is 50.7 Å². The third-order valence-electron chi connectivity index (χ3n) is 4.03. The molecule has 0 spiro atoms. The number of fused-ring (bicyclic) bond motifs is 1. The minimum atomic E-state index is -0.0678. The normalized spacial score (nSPS) is 22.3. The standard InChI is InChI=1S/C16H22O2/c1-3-18-15(17)10-12-16(2)11-6-8-13-7-4-5-9-14(13)16/h4-5,7,9H,3,6,8,10-12H2,1-2H3. The molecule has 1 aliphatic carbocycles. The Balaban J connectivity index is 2.10. The minimum Gasteiger partial charge on any atom is -0.466 e. The van der Waals surface area contributed by atoms with Crippen molar-refractivity contribution in [2.75, 3.05) is 6.61 Å². The second-order valence-corrected chi connectivity index (χ2v) is 5.38. The van der Waals surface area contributed by atoms with E-state index in [2.05, 4.69) is 31.2 Å². The van der Waals surface area contributed by atoms with Crippen LogP contribution in [0.5, 0.6) is 0 Å². The lowest BCUT2D eigenvalue weighted by atomic mass is 9.69. The fourth-order valence-electron chi connectivity index (χ4n) is 3.00. The molecule has 98 valence electrons. The van der Waals surface area contributed by atoms with Crippen LogP contribution in [0.3, 0.4) is 0 Å². The Bertz CT molecular complexity index is 425. The van der Waals surface area contributed by atoms with Gasteiger partial charge in [-0.2, -0.15) is 0 Å². The third-order valence-corrected chi connectivity index (χ3v) is 4.03. The molecule has 1 aromatic rings. The van der Waals surface area contributed by atoms with Gasteiger partial charge in [0.05, 0.1) is 6.61 Å². The molecular formula is C16H22O2. The van der Waals surface area contributed by atoms with Crippen molar-refractivity contribution in [1.82, 2.24) is 0 Å². The highest BCUT2D eigenvalue weighted by molar-refractivity contribution is 5.69. The van der Waals surface area contributed by atoms with Gasteiger partial charge in [0.15, 0.2) is 0 Å². The molecule has 2 heteroatoms. The van der Waals surface area contributed by atoms with Crippen LogP contribution < -0.4 is 0 Å². The largest absolute Gasteiger partial charge is 0.466 e. The summed E-state index contributed by atoms with van der Waals surface area (Å²) in [5.74, 6) is -0.0678. The predicted molar refractivity (Wildman–Crippen MR) is 72.6 cm³/mol. The smallest absolute Gasteiger partial charge is 0.305 e. The first-order valence-corrected chi connectivity index (χ1v) is 6.90. The molecule has 2 nitrogen and oxygen atoms in total. The molecule has 0 bridgehead atoms. The Morgan fingerprint density at radius 3 is 2.94 bits per heavy atom. The molecule has 1 aliphatic rings. The first-order valence-electron chi connectivity index (χ1n) is 6.90. The van der Waals surface area contributed by atoms with E-state index in [9.17, 15) is 4.79 Å². The lowest BCUT2D eigenvalue weighted by molar-refractivity contribution is -0.143. The number of hydrogen-bond donors (Lipinski definition) is 0. The van der Waals surface area contributed by atoms with Gasteiger partial charge in [-0.15, -0.1) is 0 Å². The van der Waals surface area contributed by atoms with E-state index < -0.39 is 0 Å². The van der Waals surface area contributed by atoms with Crippen molar-refractivity contribution in [2.24, 2.45) is 0 Å². The van der Waals surface area contributed by atoms with Crippen LogP contribution in [0.25, 0.3) is 0 Å². The van der Waals surface area contributed by atoms with E-state index in [-0.39, 0.29) is 11.4 Å². The average Bonchev–Trinajstić information content (AvgIpc) is 2.38. The zero-order valence-electron chi connectivity index (χ0n) is 11.4. The van der Waals surface area contributed by atoms with E-state index in [1.54, 1.807) is 0 Å². The van der Waals surface area contributed by atoms with E-state index >= 15 is 0 Å². The topological polar surface area (TPSA) is 26.3 Å². The van der Waals surface area contributed by atoms with Crippen molar-refractivity contribution in [3.63, 3.8) is 0 Å². The SMILES string of the molecule is CCOC(=O)CCC1(C)CCCc2ccccc21. The molecule has 0 saturated heterocycles. The Kier molecular flexibility index (Phi) is 4.05. The molecule has 0 aromatic heterocycles. The van der Waals surface area contributed by atoms with Gasteiger partial charge in [0, 0.05) is 6.42 Å². The number of aryl methyl sites for hydroxylation is 1. The molecule has 0 saturated carbocycles. The van der Waals surface area contributed by atoms with E-state index in [1.165, 1.54) is 30.4 Å². The van der Waals surface area contributed by atoms with Crippen LogP contribution in [0.15, 0.2) is 24.3 Å². The number of esters is 1.